The fourth-order valence-electron chi connectivity index (χ4n) is 0.859. The van der Waals surface area contributed by atoms with Gasteiger partial charge >= 0.3 is 6.09 Å². The molecule has 0 rings (SSSR count). The summed E-state index contributed by atoms with van der Waals surface area (Å²) < 4.78 is 10.0. The lowest BCUT2D eigenvalue weighted by Gasteiger charge is -2.20. The number of alkyl carbamates (subject to hydrolysis) is 1. The van der Waals surface area contributed by atoms with Gasteiger partial charge in [0.25, 0.3) is 0 Å². The third-order valence-corrected chi connectivity index (χ3v) is 1.53. The molecule has 0 heterocycles. The monoisotopic (exact) mass is 242 g/mol. The van der Waals surface area contributed by atoms with Gasteiger partial charge in [0, 0.05) is 6.08 Å². The van der Waals surface area contributed by atoms with Crippen molar-refractivity contribution < 1.29 is 19.4 Å². The summed E-state index contributed by atoms with van der Waals surface area (Å²) in [7, 11) is 1.45. The van der Waals surface area contributed by atoms with Crippen LogP contribution in [0.3, 0.4) is 0 Å². The molecular weight excluding hydrogens is 222 g/mol. The molecule has 17 heavy (non-hydrogen) atoms. The lowest BCUT2D eigenvalue weighted by atomic mass is 10.2. The molecule has 0 aliphatic carbocycles. The van der Waals surface area contributed by atoms with E-state index >= 15 is 0 Å². The Hall–Kier alpha value is -1.98. The van der Waals surface area contributed by atoms with E-state index in [2.05, 4.69) is 17.0 Å². The van der Waals surface area contributed by atoms with E-state index in [0.29, 0.717) is 11.5 Å². The summed E-state index contributed by atoms with van der Waals surface area (Å²) in [5.74, 6) is 5.38. The third kappa shape index (κ3) is 6.99. The van der Waals surface area contributed by atoms with E-state index < -0.39 is 11.7 Å². The minimum absolute atomic E-state index is 0.294. The molecule has 0 aliphatic heterocycles. The van der Waals surface area contributed by atoms with Crippen molar-refractivity contribution in [3.8, 4) is 0 Å². The van der Waals surface area contributed by atoms with Crippen LogP contribution in [0.15, 0.2) is 24.1 Å². The molecule has 0 atom stereocenters. The van der Waals surface area contributed by atoms with Gasteiger partial charge in [-0.2, -0.15) is 0 Å². The zero-order chi connectivity index (χ0) is 13.5. The van der Waals surface area contributed by atoms with Crippen molar-refractivity contribution in [2.75, 3.05) is 7.11 Å². The Balaban J connectivity index is 4.66. The maximum Gasteiger partial charge on any atom is 0.412 e. The first-order chi connectivity index (χ1) is 7.80. The number of hydrogen-bond acceptors (Lipinski definition) is 4. The number of hydrogen-bond donors (Lipinski definition) is 3. The van der Waals surface area contributed by atoms with Crippen molar-refractivity contribution in [1.29, 1.82) is 0 Å². The third-order valence-electron chi connectivity index (χ3n) is 1.53. The molecule has 0 spiro atoms. The Morgan fingerprint density at radius 3 is 2.47 bits per heavy atom. The molecule has 96 valence electrons. The molecule has 0 aromatic carbocycles. The Labute approximate surface area is 101 Å². The van der Waals surface area contributed by atoms with Crippen LogP contribution in [0, 0.1) is 0 Å². The number of carbonyl (C=O) groups is 1. The normalized spacial score (nSPS) is 12.4. The smallest absolute Gasteiger partial charge is 0.412 e. The van der Waals surface area contributed by atoms with Crippen LogP contribution in [0.4, 0.5) is 4.79 Å². The van der Waals surface area contributed by atoms with Crippen LogP contribution in [0.5, 0.6) is 0 Å². The quantitative estimate of drug-likeness (QED) is 0.205. The largest absolute Gasteiger partial charge is 0.495 e. The summed E-state index contributed by atoms with van der Waals surface area (Å²) in [4.78, 5) is 11.5. The van der Waals surface area contributed by atoms with Gasteiger partial charge in [0.05, 0.1) is 12.8 Å². The van der Waals surface area contributed by atoms with Crippen molar-refractivity contribution in [3.63, 3.8) is 0 Å². The second kappa shape index (κ2) is 6.57. The van der Waals surface area contributed by atoms with Crippen LogP contribution in [0.25, 0.3) is 0 Å². The molecule has 1 amide bonds. The first-order valence-electron chi connectivity index (χ1n) is 5.03. The minimum atomic E-state index is -0.590. The number of nitrogens with one attached hydrogen (secondary N) is 2. The van der Waals surface area contributed by atoms with Crippen LogP contribution >= 0.6 is 0 Å². The summed E-state index contributed by atoms with van der Waals surface area (Å²) >= 11 is 0. The molecule has 0 radical (unpaired) electrons. The molecule has 0 bridgehead atoms. The first-order valence-corrected chi connectivity index (χ1v) is 5.03. The van der Waals surface area contributed by atoms with E-state index in [4.69, 9.17) is 15.3 Å². The van der Waals surface area contributed by atoms with Crippen molar-refractivity contribution in [2.45, 2.75) is 26.4 Å². The molecule has 6 nitrogen and oxygen atoms in total. The van der Waals surface area contributed by atoms with Crippen molar-refractivity contribution in [1.82, 2.24) is 5.32 Å². The highest BCUT2D eigenvalue weighted by atomic mass is 16.6. The predicted octanol–water partition coefficient (Wildman–Crippen LogP) is -0.420. The summed E-state index contributed by atoms with van der Waals surface area (Å²) in [5, 5.41) is 4.82. The summed E-state index contributed by atoms with van der Waals surface area (Å²) in [5.41, 5.74) is -0.209. The van der Waals surface area contributed by atoms with Crippen LogP contribution in [0.2, 0.25) is 0 Å². The number of carbonyl (C=O) groups excluding carboxylic acids is 1. The van der Waals surface area contributed by atoms with Gasteiger partial charge in [-0.25, -0.2) is 10.6 Å². The van der Waals surface area contributed by atoms with Gasteiger partial charge in [0.2, 0.25) is 0 Å². The first kappa shape index (κ1) is 15.0. The predicted molar refractivity (Wildman–Crippen MR) is 64.8 cm³/mol. The molecule has 6 heteroatoms. The highest BCUT2D eigenvalue weighted by Crippen LogP contribution is 2.09. The second-order valence-electron chi connectivity index (χ2n) is 4.17. The number of rotatable bonds is 4. The average molecular weight is 242 g/mol. The van der Waals surface area contributed by atoms with Crippen LogP contribution in [-0.4, -0.2) is 25.0 Å². The molecular formula is C11H20N3O3+. The van der Waals surface area contributed by atoms with Crippen LogP contribution in [0.1, 0.15) is 20.8 Å². The zero-order valence-corrected chi connectivity index (χ0v) is 10.7. The molecule has 4 N–H and O–H groups in total. The minimum Gasteiger partial charge on any atom is -0.495 e. The molecule has 0 fully saturated rings. The van der Waals surface area contributed by atoms with E-state index in [1.807, 2.05) is 0 Å². The standard InChI is InChI=1S/C11H19N3O3/c1-8(16-5)9(6-7-13-12)14-10(15)17-11(2,3)4/h6-7H,1,12H2,2-5H3,(H,14,15)/p+1/b9-6+,13-7?. The SMILES string of the molecule is C=C(OC)/C(=C\C=[NH+]N)NC(=O)OC(C)(C)C. The lowest BCUT2D eigenvalue weighted by Crippen LogP contribution is -2.76. The van der Waals surface area contributed by atoms with Gasteiger partial charge in [0.15, 0.2) is 6.21 Å². The number of nitrogens with two attached hydrogens (primary N) is 1. The maximum absolute atomic E-state index is 11.5. The number of methoxy groups -OCH3 is 1. The summed E-state index contributed by atoms with van der Waals surface area (Å²) in [6.07, 6.45) is 2.35. The van der Waals surface area contributed by atoms with E-state index in [1.165, 1.54) is 19.4 Å². The fourth-order valence-corrected chi connectivity index (χ4v) is 0.859. The maximum atomic E-state index is 11.5. The van der Waals surface area contributed by atoms with E-state index in [-0.39, 0.29) is 0 Å². The van der Waals surface area contributed by atoms with Crippen molar-refractivity contribution in [2.24, 2.45) is 5.84 Å². The Kier molecular flexibility index (Phi) is 5.80. The molecule has 0 unspecified atom stereocenters. The van der Waals surface area contributed by atoms with Crippen LogP contribution in [-0.2, 0) is 9.47 Å². The van der Waals surface area contributed by atoms with E-state index in [0.717, 1.165) is 0 Å². The molecule has 0 aromatic heterocycles. The topological polar surface area (TPSA) is 87.5 Å². The van der Waals surface area contributed by atoms with Gasteiger partial charge in [-0.15, -0.1) is 5.10 Å². The molecule has 0 aromatic rings. The van der Waals surface area contributed by atoms with Gasteiger partial charge in [-0.05, 0) is 20.8 Å². The number of hydrazine groups is 1. The average Bonchev–Trinajstić information content (AvgIpc) is 2.20. The van der Waals surface area contributed by atoms with Crippen molar-refractivity contribution >= 4 is 12.3 Å². The van der Waals surface area contributed by atoms with Gasteiger partial charge in [-0.3, -0.25) is 5.32 Å². The number of hydrazone groups is 1. The van der Waals surface area contributed by atoms with Gasteiger partial charge < -0.3 is 9.47 Å². The van der Waals surface area contributed by atoms with E-state index in [9.17, 15) is 4.79 Å². The highest BCUT2D eigenvalue weighted by Gasteiger charge is 2.17. The highest BCUT2D eigenvalue weighted by molar-refractivity contribution is 5.75. The zero-order valence-electron chi connectivity index (χ0n) is 10.7. The lowest BCUT2D eigenvalue weighted by molar-refractivity contribution is -0.463. The van der Waals surface area contributed by atoms with Crippen molar-refractivity contribution in [3.05, 3.63) is 24.1 Å². The number of allylic oxidation sites excluding steroid dienone is 1. The number of amides is 1. The molecule has 0 saturated heterocycles. The molecule has 0 saturated carbocycles. The molecule has 0 aliphatic rings. The summed E-state index contributed by atoms with van der Waals surface area (Å²) in [6, 6.07) is 0. The van der Waals surface area contributed by atoms with Gasteiger partial charge in [-0.1, -0.05) is 6.58 Å². The summed E-state index contributed by atoms with van der Waals surface area (Å²) in [6.45, 7) is 8.94. The van der Waals surface area contributed by atoms with Crippen LogP contribution < -0.4 is 16.3 Å². The Morgan fingerprint density at radius 2 is 2.06 bits per heavy atom. The van der Waals surface area contributed by atoms with E-state index in [1.54, 1.807) is 20.8 Å². The number of ether oxygens (including phenoxy) is 2. The second-order valence-corrected chi connectivity index (χ2v) is 4.17. The van der Waals surface area contributed by atoms with Gasteiger partial charge in [0.1, 0.15) is 11.4 Å². The fraction of sp³-hybridized carbons (Fsp3) is 0.455. The Morgan fingerprint density at radius 1 is 1.47 bits per heavy atom. The Bertz CT molecular complexity index is 340.